The third-order valence-electron chi connectivity index (χ3n) is 3.03. The molecule has 1 N–H and O–H groups in total. The van der Waals surface area contributed by atoms with Crippen molar-refractivity contribution in [1.82, 2.24) is 0 Å². The average molecular weight is 342 g/mol. The molecule has 0 aliphatic rings. The van der Waals surface area contributed by atoms with Crippen molar-refractivity contribution < 1.29 is 28.0 Å². The van der Waals surface area contributed by atoms with Crippen LogP contribution in [0.1, 0.15) is 31.9 Å². The average Bonchev–Trinajstić information content (AvgIpc) is 2.45. The quantitative estimate of drug-likeness (QED) is 0.294. The van der Waals surface area contributed by atoms with E-state index in [1.54, 1.807) is 0 Å². The molecule has 0 fully saturated rings. The van der Waals surface area contributed by atoms with E-state index in [1.807, 2.05) is 0 Å². The molecule has 0 radical (unpaired) electrons. The number of hydrogen-bond donors (Lipinski definition) is 1. The fourth-order valence-corrected chi connectivity index (χ4v) is 1.78. The van der Waals surface area contributed by atoms with Gasteiger partial charge in [-0.3, -0.25) is 14.9 Å². The summed E-state index contributed by atoms with van der Waals surface area (Å²) in [5.74, 6) is -1.82. The fourth-order valence-electron chi connectivity index (χ4n) is 1.78. The Morgan fingerprint density at radius 1 is 1.29 bits per heavy atom. The minimum atomic E-state index is -4.82. The molecule has 0 aromatic heterocycles. The lowest BCUT2D eigenvalue weighted by Gasteiger charge is -2.16. The molecule has 0 unspecified atom stereocenters. The number of hydrogen-bond acceptors (Lipinski definition) is 5. The Morgan fingerprint density at radius 3 is 2.21 bits per heavy atom. The van der Waals surface area contributed by atoms with Crippen LogP contribution in [0.4, 0.5) is 18.9 Å². The van der Waals surface area contributed by atoms with Gasteiger partial charge in [0.25, 0.3) is 5.69 Å². The van der Waals surface area contributed by atoms with Gasteiger partial charge in [0.1, 0.15) is 11.6 Å². The maximum Gasteiger partial charge on any atom is 0.416 e. The van der Waals surface area contributed by atoms with Crippen LogP contribution in [0.25, 0.3) is 5.76 Å². The molecular formula is C15H13F3N2O4. The fraction of sp³-hybridized carbons (Fsp3) is 0.333. The number of nitro groups is 1. The molecule has 128 valence electrons. The van der Waals surface area contributed by atoms with Crippen LogP contribution in [-0.2, 0) is 11.0 Å². The number of carbonyl (C=O) groups excluding carboxylic acids is 1. The van der Waals surface area contributed by atoms with E-state index in [0.29, 0.717) is 12.1 Å². The van der Waals surface area contributed by atoms with Crippen molar-refractivity contribution >= 4 is 17.2 Å². The van der Waals surface area contributed by atoms with Gasteiger partial charge in [-0.25, -0.2) is 0 Å². The standard InChI is InChI=1S/C15H13F3N2O4/c1-14(2,3)13(22)10(7-19)12(21)9-5-4-8(15(16,17)18)6-11(9)20(23)24/h4-6,21H,1-3H3/b12-10-. The molecule has 0 bridgehead atoms. The second-order valence-corrected chi connectivity index (χ2v) is 5.90. The third kappa shape index (κ3) is 3.90. The maximum atomic E-state index is 12.7. The lowest BCUT2D eigenvalue weighted by molar-refractivity contribution is -0.385. The number of nitrogens with zero attached hydrogens (tertiary/aromatic N) is 2. The Balaban J connectivity index is 3.66. The molecule has 1 aromatic carbocycles. The first-order chi connectivity index (χ1) is 10.8. The third-order valence-corrected chi connectivity index (χ3v) is 3.03. The highest BCUT2D eigenvalue weighted by Crippen LogP contribution is 2.36. The Hall–Kier alpha value is -2.89. The van der Waals surface area contributed by atoms with E-state index in [-0.39, 0.29) is 6.07 Å². The summed E-state index contributed by atoms with van der Waals surface area (Å²) in [5.41, 5.74) is -4.81. The molecule has 0 atom stereocenters. The van der Waals surface area contributed by atoms with E-state index in [2.05, 4.69) is 0 Å². The topological polar surface area (TPSA) is 104 Å². The number of carbonyl (C=O) groups is 1. The minimum Gasteiger partial charge on any atom is -0.506 e. The highest BCUT2D eigenvalue weighted by atomic mass is 19.4. The van der Waals surface area contributed by atoms with Crippen LogP contribution in [0.3, 0.4) is 0 Å². The number of halogens is 3. The Labute approximate surface area is 135 Å². The van der Waals surface area contributed by atoms with Crippen molar-refractivity contribution in [3.05, 3.63) is 45.0 Å². The van der Waals surface area contributed by atoms with Gasteiger partial charge < -0.3 is 5.11 Å². The first kappa shape index (κ1) is 19.2. The van der Waals surface area contributed by atoms with Gasteiger partial charge in [-0.1, -0.05) is 20.8 Å². The Morgan fingerprint density at radius 2 is 1.83 bits per heavy atom. The number of Topliss-reactive ketones (excluding diaryl/α,β-unsaturated/α-hetero) is 1. The Kier molecular flexibility index (Phi) is 5.04. The summed E-state index contributed by atoms with van der Waals surface area (Å²) >= 11 is 0. The first-order valence-corrected chi connectivity index (χ1v) is 6.55. The number of nitriles is 1. The summed E-state index contributed by atoms with van der Waals surface area (Å²) in [6.07, 6.45) is -4.82. The number of ketones is 1. The molecule has 0 aliphatic heterocycles. The van der Waals surface area contributed by atoms with E-state index in [1.165, 1.54) is 26.8 Å². The normalized spacial score (nSPS) is 13.0. The molecule has 1 aromatic rings. The van der Waals surface area contributed by atoms with Crippen molar-refractivity contribution in [2.45, 2.75) is 26.9 Å². The highest BCUT2D eigenvalue weighted by molar-refractivity contribution is 6.08. The molecule has 0 amide bonds. The molecule has 24 heavy (non-hydrogen) atoms. The van der Waals surface area contributed by atoms with Gasteiger partial charge in [-0.2, -0.15) is 18.4 Å². The van der Waals surface area contributed by atoms with Crippen LogP contribution in [-0.4, -0.2) is 15.8 Å². The monoisotopic (exact) mass is 342 g/mol. The second kappa shape index (κ2) is 6.31. The van der Waals surface area contributed by atoms with E-state index >= 15 is 0 Å². The number of nitro benzene ring substituents is 1. The van der Waals surface area contributed by atoms with Crippen molar-refractivity contribution in [3.8, 4) is 6.07 Å². The van der Waals surface area contributed by atoms with Crippen LogP contribution in [0.5, 0.6) is 0 Å². The predicted molar refractivity (Wildman–Crippen MR) is 77.7 cm³/mol. The summed E-state index contributed by atoms with van der Waals surface area (Å²) < 4.78 is 38.0. The molecule has 0 aliphatic carbocycles. The summed E-state index contributed by atoms with van der Waals surface area (Å²) in [6, 6.07) is 2.87. The SMILES string of the molecule is CC(C)(C)C(=O)/C(C#N)=C(\O)c1ccc(C(F)(F)F)cc1[N+](=O)[O-]. The number of aliphatic hydroxyl groups excluding tert-OH is 1. The van der Waals surface area contributed by atoms with Crippen molar-refractivity contribution in [2.75, 3.05) is 0 Å². The second-order valence-electron chi connectivity index (χ2n) is 5.90. The molecule has 0 saturated heterocycles. The predicted octanol–water partition coefficient (Wildman–Crippen LogP) is 4.02. The van der Waals surface area contributed by atoms with Crippen molar-refractivity contribution in [3.63, 3.8) is 0 Å². The molecule has 0 heterocycles. The summed E-state index contributed by atoms with van der Waals surface area (Å²) in [4.78, 5) is 22.0. The summed E-state index contributed by atoms with van der Waals surface area (Å²) in [5, 5.41) is 30.2. The number of aliphatic hydroxyl groups is 1. The van der Waals surface area contributed by atoms with Crippen molar-refractivity contribution in [1.29, 1.82) is 5.26 Å². The molecule has 6 nitrogen and oxygen atoms in total. The van der Waals surface area contributed by atoms with E-state index in [9.17, 15) is 33.2 Å². The summed E-state index contributed by atoms with van der Waals surface area (Å²) in [7, 11) is 0. The van der Waals surface area contributed by atoms with Gasteiger partial charge in [-0.05, 0) is 12.1 Å². The van der Waals surface area contributed by atoms with Crippen LogP contribution in [0.15, 0.2) is 23.8 Å². The van der Waals surface area contributed by atoms with E-state index < -0.39 is 50.4 Å². The molecule has 9 heteroatoms. The van der Waals surface area contributed by atoms with Gasteiger partial charge >= 0.3 is 6.18 Å². The molecule has 0 saturated carbocycles. The lowest BCUT2D eigenvalue weighted by atomic mass is 9.85. The van der Waals surface area contributed by atoms with Crippen molar-refractivity contribution in [2.24, 2.45) is 5.41 Å². The number of alkyl halides is 3. The smallest absolute Gasteiger partial charge is 0.416 e. The van der Waals surface area contributed by atoms with Gasteiger partial charge in [0, 0.05) is 11.5 Å². The lowest BCUT2D eigenvalue weighted by Crippen LogP contribution is -2.22. The zero-order valence-corrected chi connectivity index (χ0v) is 12.9. The largest absolute Gasteiger partial charge is 0.506 e. The molecule has 1 rings (SSSR count). The van der Waals surface area contributed by atoms with Crippen LogP contribution >= 0.6 is 0 Å². The maximum absolute atomic E-state index is 12.7. The van der Waals surface area contributed by atoms with Gasteiger partial charge in [0.2, 0.25) is 0 Å². The molecular weight excluding hydrogens is 329 g/mol. The van der Waals surface area contributed by atoms with Crippen LogP contribution < -0.4 is 0 Å². The van der Waals surface area contributed by atoms with Crippen LogP contribution in [0.2, 0.25) is 0 Å². The van der Waals surface area contributed by atoms with E-state index in [4.69, 9.17) is 5.26 Å². The van der Waals surface area contributed by atoms with Gasteiger partial charge in [0.05, 0.1) is 16.1 Å². The summed E-state index contributed by atoms with van der Waals surface area (Å²) in [6.45, 7) is 4.38. The minimum absolute atomic E-state index is 0.238. The Bertz CT molecular complexity index is 768. The van der Waals surface area contributed by atoms with E-state index in [0.717, 1.165) is 0 Å². The first-order valence-electron chi connectivity index (χ1n) is 6.55. The van der Waals surface area contributed by atoms with Gasteiger partial charge in [0.15, 0.2) is 11.5 Å². The number of rotatable bonds is 3. The van der Waals surface area contributed by atoms with Crippen LogP contribution in [0, 0.1) is 26.9 Å². The number of benzene rings is 1. The number of allylic oxidation sites excluding steroid dienone is 1. The zero-order chi connectivity index (χ0) is 18.9. The highest BCUT2D eigenvalue weighted by Gasteiger charge is 2.35. The zero-order valence-electron chi connectivity index (χ0n) is 12.9. The van der Waals surface area contributed by atoms with Gasteiger partial charge in [-0.15, -0.1) is 0 Å². The molecule has 0 spiro atoms.